The van der Waals surface area contributed by atoms with Crippen LogP contribution in [0.4, 0.5) is 11.4 Å². The molecule has 1 heterocycles. The fraction of sp³-hybridized carbons (Fsp3) is 0.208. The van der Waals surface area contributed by atoms with E-state index in [9.17, 15) is 13.2 Å². The maximum absolute atomic E-state index is 12.9. The van der Waals surface area contributed by atoms with Crippen LogP contribution in [0.2, 0.25) is 0 Å². The molecule has 0 aromatic heterocycles. The summed E-state index contributed by atoms with van der Waals surface area (Å²) in [6.07, 6.45) is 0. The molecule has 7 heteroatoms. The molecule has 0 unspecified atom stereocenters. The molecule has 0 spiro atoms. The standard InChI is InChI=1S/C24H25N3O3S/c1-25(31(29,30)23-10-6-3-7-11-23)21-14-12-20(13-15-21)24(28)27-18-16-26(17-19-27)22-8-4-2-5-9-22/h2-15H,16-19H2,1H3. The van der Waals surface area contributed by atoms with E-state index in [2.05, 4.69) is 17.0 Å². The van der Waals surface area contributed by atoms with Crippen molar-refractivity contribution in [3.8, 4) is 0 Å². The Labute approximate surface area is 183 Å². The van der Waals surface area contributed by atoms with Crippen molar-refractivity contribution in [3.63, 3.8) is 0 Å². The second kappa shape index (κ2) is 8.81. The lowest BCUT2D eigenvalue weighted by atomic mass is 10.1. The quantitative estimate of drug-likeness (QED) is 0.616. The van der Waals surface area contributed by atoms with Crippen LogP contribution >= 0.6 is 0 Å². The molecule has 0 atom stereocenters. The third-order valence-corrected chi connectivity index (χ3v) is 7.37. The number of nitrogens with zero attached hydrogens (tertiary/aromatic N) is 3. The lowest BCUT2D eigenvalue weighted by Crippen LogP contribution is -2.48. The van der Waals surface area contributed by atoms with E-state index >= 15 is 0 Å². The average molecular weight is 436 g/mol. The molecule has 0 bridgehead atoms. The monoisotopic (exact) mass is 435 g/mol. The largest absolute Gasteiger partial charge is 0.368 e. The second-order valence-corrected chi connectivity index (χ2v) is 9.42. The molecule has 160 valence electrons. The van der Waals surface area contributed by atoms with Crippen LogP contribution in [-0.2, 0) is 10.0 Å². The molecule has 1 saturated heterocycles. The predicted molar refractivity (Wildman–Crippen MR) is 123 cm³/mol. The van der Waals surface area contributed by atoms with E-state index in [1.807, 2.05) is 23.1 Å². The summed E-state index contributed by atoms with van der Waals surface area (Å²) in [6.45, 7) is 2.87. The molecule has 1 fully saturated rings. The van der Waals surface area contributed by atoms with Gasteiger partial charge in [-0.2, -0.15) is 0 Å². The molecule has 31 heavy (non-hydrogen) atoms. The molecule has 3 aromatic rings. The van der Waals surface area contributed by atoms with Crippen molar-refractivity contribution >= 4 is 27.3 Å². The van der Waals surface area contributed by atoms with Crippen molar-refractivity contribution in [1.29, 1.82) is 0 Å². The molecule has 1 aliphatic rings. The van der Waals surface area contributed by atoms with Crippen molar-refractivity contribution in [2.45, 2.75) is 4.90 Å². The first-order valence-corrected chi connectivity index (χ1v) is 11.6. The summed E-state index contributed by atoms with van der Waals surface area (Å²) in [5, 5.41) is 0. The molecule has 4 rings (SSSR count). The highest BCUT2D eigenvalue weighted by molar-refractivity contribution is 7.92. The summed E-state index contributed by atoms with van der Waals surface area (Å²) >= 11 is 0. The zero-order valence-electron chi connectivity index (χ0n) is 17.4. The SMILES string of the molecule is CN(c1ccc(C(=O)N2CCN(c3ccccc3)CC2)cc1)S(=O)(=O)c1ccccc1. The van der Waals surface area contributed by atoms with Crippen LogP contribution in [-0.4, -0.2) is 52.5 Å². The lowest BCUT2D eigenvalue weighted by molar-refractivity contribution is 0.0747. The van der Waals surface area contributed by atoms with Crippen LogP contribution in [0.25, 0.3) is 0 Å². The highest BCUT2D eigenvalue weighted by Gasteiger charge is 2.24. The van der Waals surface area contributed by atoms with Gasteiger partial charge < -0.3 is 9.80 Å². The topological polar surface area (TPSA) is 60.9 Å². The fourth-order valence-electron chi connectivity index (χ4n) is 3.69. The number of piperazine rings is 1. The maximum Gasteiger partial charge on any atom is 0.264 e. The molecular weight excluding hydrogens is 410 g/mol. The molecule has 0 saturated carbocycles. The van der Waals surface area contributed by atoms with E-state index in [1.54, 1.807) is 54.6 Å². The van der Waals surface area contributed by atoms with Crippen LogP contribution < -0.4 is 9.21 Å². The number of rotatable bonds is 5. The van der Waals surface area contributed by atoms with E-state index in [-0.39, 0.29) is 10.8 Å². The molecule has 0 radical (unpaired) electrons. The highest BCUT2D eigenvalue weighted by atomic mass is 32.2. The predicted octanol–water partition coefficient (Wildman–Crippen LogP) is 3.47. The number of benzene rings is 3. The van der Waals surface area contributed by atoms with Crippen LogP contribution in [0.3, 0.4) is 0 Å². The van der Waals surface area contributed by atoms with E-state index in [1.165, 1.54) is 17.0 Å². The maximum atomic E-state index is 12.9. The Morgan fingerprint density at radius 3 is 1.90 bits per heavy atom. The molecule has 1 amide bonds. The molecule has 0 N–H and O–H groups in total. The van der Waals surface area contributed by atoms with Crippen molar-refractivity contribution < 1.29 is 13.2 Å². The van der Waals surface area contributed by atoms with E-state index in [0.717, 1.165) is 13.1 Å². The van der Waals surface area contributed by atoms with Gasteiger partial charge >= 0.3 is 0 Å². The highest BCUT2D eigenvalue weighted by Crippen LogP contribution is 2.23. The molecule has 1 aliphatic heterocycles. The van der Waals surface area contributed by atoms with Gasteiger partial charge in [-0.15, -0.1) is 0 Å². The minimum atomic E-state index is -3.65. The number of sulfonamides is 1. The van der Waals surface area contributed by atoms with E-state index in [4.69, 9.17) is 0 Å². The Morgan fingerprint density at radius 1 is 0.774 bits per heavy atom. The van der Waals surface area contributed by atoms with Crippen molar-refractivity contribution in [2.24, 2.45) is 0 Å². The number of anilines is 2. The molecular formula is C24H25N3O3S. The average Bonchev–Trinajstić information content (AvgIpc) is 2.84. The van der Waals surface area contributed by atoms with E-state index in [0.29, 0.717) is 24.3 Å². The number of carbonyl (C=O) groups is 1. The number of carbonyl (C=O) groups excluding carboxylic acids is 1. The van der Waals surface area contributed by atoms with Gasteiger partial charge in [-0.3, -0.25) is 9.10 Å². The summed E-state index contributed by atoms with van der Waals surface area (Å²) in [7, 11) is -2.13. The van der Waals surface area contributed by atoms with Crippen LogP contribution in [0, 0.1) is 0 Å². The summed E-state index contributed by atoms with van der Waals surface area (Å²) in [6, 6.07) is 25.2. The number of hydrogen-bond acceptors (Lipinski definition) is 4. The Bertz CT molecular complexity index is 1130. The van der Waals surface area contributed by atoms with Gasteiger partial charge in [0.05, 0.1) is 10.6 Å². The van der Waals surface area contributed by atoms with Crippen molar-refractivity contribution in [2.75, 3.05) is 42.4 Å². The normalized spacial score (nSPS) is 14.4. The van der Waals surface area contributed by atoms with Crippen molar-refractivity contribution in [1.82, 2.24) is 4.90 Å². The third-order valence-electron chi connectivity index (χ3n) is 5.57. The van der Waals surface area contributed by atoms with Crippen LogP contribution in [0.5, 0.6) is 0 Å². The van der Waals surface area contributed by atoms with Crippen molar-refractivity contribution in [3.05, 3.63) is 90.5 Å². The van der Waals surface area contributed by atoms with Gasteiger partial charge in [0.1, 0.15) is 0 Å². The molecule has 0 aliphatic carbocycles. The minimum absolute atomic E-state index is 0.0344. The number of para-hydroxylation sites is 1. The van der Waals surface area contributed by atoms with Gasteiger partial charge in [-0.1, -0.05) is 36.4 Å². The van der Waals surface area contributed by atoms with Crippen LogP contribution in [0.1, 0.15) is 10.4 Å². The van der Waals surface area contributed by atoms with Gasteiger partial charge in [0.15, 0.2) is 0 Å². The first-order valence-electron chi connectivity index (χ1n) is 10.2. The van der Waals surface area contributed by atoms with Crippen LogP contribution in [0.15, 0.2) is 89.8 Å². The van der Waals surface area contributed by atoms with Gasteiger partial charge in [0, 0.05) is 44.5 Å². The second-order valence-electron chi connectivity index (χ2n) is 7.45. The summed E-state index contributed by atoms with van der Waals surface area (Å²) in [5.41, 5.74) is 2.23. The first-order chi connectivity index (χ1) is 15.0. The van der Waals surface area contributed by atoms with Gasteiger partial charge in [-0.05, 0) is 48.5 Å². The first kappa shape index (κ1) is 20.9. The summed E-state index contributed by atoms with van der Waals surface area (Å²) in [4.78, 5) is 17.3. The Kier molecular flexibility index (Phi) is 5.95. The fourth-order valence-corrected chi connectivity index (χ4v) is 4.91. The zero-order valence-corrected chi connectivity index (χ0v) is 18.2. The number of hydrogen-bond donors (Lipinski definition) is 0. The Morgan fingerprint density at radius 2 is 1.32 bits per heavy atom. The Balaban J connectivity index is 1.42. The smallest absolute Gasteiger partial charge is 0.264 e. The lowest BCUT2D eigenvalue weighted by Gasteiger charge is -2.36. The Hall–Kier alpha value is -3.32. The van der Waals surface area contributed by atoms with Gasteiger partial charge in [0.25, 0.3) is 15.9 Å². The third kappa shape index (κ3) is 4.41. The van der Waals surface area contributed by atoms with Gasteiger partial charge in [0.2, 0.25) is 0 Å². The molecule has 6 nitrogen and oxygen atoms in total. The van der Waals surface area contributed by atoms with Gasteiger partial charge in [-0.25, -0.2) is 8.42 Å². The summed E-state index contributed by atoms with van der Waals surface area (Å²) < 4.78 is 26.8. The van der Waals surface area contributed by atoms with E-state index < -0.39 is 10.0 Å². The zero-order chi connectivity index (χ0) is 21.8. The minimum Gasteiger partial charge on any atom is -0.368 e. The summed E-state index contributed by atoms with van der Waals surface area (Å²) in [5.74, 6) is -0.0344. The molecule has 3 aromatic carbocycles. The number of amides is 1.